The molecule has 0 aromatic heterocycles. The zero-order valence-electron chi connectivity index (χ0n) is 16.6. The summed E-state index contributed by atoms with van der Waals surface area (Å²) < 4.78 is 27.6. The van der Waals surface area contributed by atoms with E-state index in [1.54, 1.807) is 66.7 Å². The molecule has 0 saturated heterocycles. The van der Waals surface area contributed by atoms with E-state index in [1.807, 2.05) is 19.9 Å². The maximum atomic E-state index is 12.5. The van der Waals surface area contributed by atoms with Gasteiger partial charge in [-0.25, -0.2) is 13.1 Å². The molecule has 3 rings (SSSR count). The van der Waals surface area contributed by atoms with Crippen LogP contribution in [0.4, 0.5) is 5.69 Å². The first-order valence-corrected chi connectivity index (χ1v) is 10.7. The average molecular weight is 420 g/mol. The van der Waals surface area contributed by atoms with Crippen LogP contribution in [0, 0.1) is 25.2 Å². The summed E-state index contributed by atoms with van der Waals surface area (Å²) in [5, 5.41) is 11.7. The van der Waals surface area contributed by atoms with Gasteiger partial charge in [0.05, 0.1) is 16.5 Å². The molecule has 0 aliphatic rings. The first-order chi connectivity index (χ1) is 14.3. The molecule has 0 aliphatic heterocycles. The van der Waals surface area contributed by atoms with Gasteiger partial charge < -0.3 is 5.32 Å². The van der Waals surface area contributed by atoms with Crippen molar-refractivity contribution in [1.82, 2.24) is 4.72 Å². The number of amides is 1. The molecule has 0 fully saturated rings. The normalized spacial score (nSPS) is 11.0. The minimum absolute atomic E-state index is 0.112. The Hall–Kier alpha value is -3.47. The number of benzene rings is 3. The molecule has 0 spiro atoms. The number of sulfonamides is 1. The fourth-order valence-corrected chi connectivity index (χ4v) is 3.89. The molecule has 2 N–H and O–H groups in total. The van der Waals surface area contributed by atoms with E-state index in [-0.39, 0.29) is 17.3 Å². The van der Waals surface area contributed by atoms with Gasteiger partial charge in [-0.05, 0) is 73.0 Å². The standard InChI is InChI=1S/C23H21N3O3S/c1-16-6-11-22(12-17(16)2)30(28,29)25-15-18-7-9-20(10-8-18)23(27)26-21-5-3-4-19(13-21)14-24/h3-13,25H,15H2,1-2H3,(H,26,27). The molecule has 3 aromatic carbocycles. The molecule has 0 radical (unpaired) electrons. The highest BCUT2D eigenvalue weighted by atomic mass is 32.2. The van der Waals surface area contributed by atoms with Crippen molar-refractivity contribution in [2.45, 2.75) is 25.3 Å². The van der Waals surface area contributed by atoms with Crippen LogP contribution in [-0.4, -0.2) is 14.3 Å². The lowest BCUT2D eigenvalue weighted by Crippen LogP contribution is -2.23. The Morgan fingerprint density at radius 3 is 2.37 bits per heavy atom. The minimum atomic E-state index is -3.63. The van der Waals surface area contributed by atoms with E-state index in [1.165, 1.54) is 0 Å². The smallest absolute Gasteiger partial charge is 0.255 e. The van der Waals surface area contributed by atoms with Gasteiger partial charge >= 0.3 is 0 Å². The summed E-state index contributed by atoms with van der Waals surface area (Å²) in [6, 6.07) is 20.3. The van der Waals surface area contributed by atoms with Gasteiger partial charge in [0.25, 0.3) is 5.91 Å². The first kappa shape index (κ1) is 21.2. The van der Waals surface area contributed by atoms with Crippen molar-refractivity contribution in [1.29, 1.82) is 5.26 Å². The van der Waals surface area contributed by atoms with Gasteiger partial charge in [-0.15, -0.1) is 0 Å². The average Bonchev–Trinajstić information content (AvgIpc) is 2.74. The Balaban J connectivity index is 1.64. The molecule has 152 valence electrons. The van der Waals surface area contributed by atoms with E-state index in [4.69, 9.17) is 5.26 Å². The zero-order valence-corrected chi connectivity index (χ0v) is 17.5. The number of hydrogen-bond donors (Lipinski definition) is 2. The van der Waals surface area contributed by atoms with Crippen LogP contribution in [0.25, 0.3) is 0 Å². The van der Waals surface area contributed by atoms with E-state index in [0.29, 0.717) is 16.8 Å². The fraction of sp³-hybridized carbons (Fsp3) is 0.130. The maximum Gasteiger partial charge on any atom is 0.255 e. The number of nitrogens with zero attached hydrogens (tertiary/aromatic N) is 1. The van der Waals surface area contributed by atoms with Gasteiger partial charge in [0.1, 0.15) is 0 Å². The van der Waals surface area contributed by atoms with Gasteiger partial charge in [0.2, 0.25) is 10.0 Å². The summed E-state index contributed by atoms with van der Waals surface area (Å²) in [6.45, 7) is 3.91. The topological polar surface area (TPSA) is 99.1 Å². The molecular formula is C23H21N3O3S. The maximum absolute atomic E-state index is 12.5. The number of rotatable bonds is 6. The molecule has 0 aliphatic carbocycles. The van der Waals surface area contributed by atoms with Crippen LogP contribution in [0.5, 0.6) is 0 Å². The third kappa shape index (κ3) is 5.11. The number of carbonyl (C=O) groups excluding carboxylic acids is 1. The van der Waals surface area contributed by atoms with Crippen LogP contribution < -0.4 is 10.0 Å². The Morgan fingerprint density at radius 1 is 0.967 bits per heavy atom. The third-order valence-electron chi connectivity index (χ3n) is 4.72. The number of aryl methyl sites for hydroxylation is 2. The predicted molar refractivity (Wildman–Crippen MR) is 115 cm³/mol. The molecular weight excluding hydrogens is 398 g/mol. The van der Waals surface area contributed by atoms with Gasteiger partial charge in [0.15, 0.2) is 0 Å². The van der Waals surface area contributed by atoms with Crippen molar-refractivity contribution in [2.24, 2.45) is 0 Å². The molecule has 0 unspecified atom stereocenters. The molecule has 3 aromatic rings. The summed E-state index contributed by atoms with van der Waals surface area (Å²) in [7, 11) is -3.63. The summed E-state index contributed by atoms with van der Waals surface area (Å²) in [4.78, 5) is 12.6. The van der Waals surface area contributed by atoms with E-state index < -0.39 is 10.0 Å². The summed E-state index contributed by atoms with van der Waals surface area (Å²) in [6.07, 6.45) is 0. The monoisotopic (exact) mass is 419 g/mol. The molecule has 0 bridgehead atoms. The SMILES string of the molecule is Cc1ccc(S(=O)(=O)NCc2ccc(C(=O)Nc3cccc(C#N)c3)cc2)cc1C. The minimum Gasteiger partial charge on any atom is -0.322 e. The number of nitrogens with one attached hydrogen (secondary N) is 2. The Labute approximate surface area is 176 Å². The van der Waals surface area contributed by atoms with Crippen LogP contribution in [0.2, 0.25) is 0 Å². The summed E-state index contributed by atoms with van der Waals surface area (Å²) in [5.74, 6) is -0.313. The second-order valence-corrected chi connectivity index (χ2v) is 8.68. The fourth-order valence-electron chi connectivity index (χ4n) is 2.79. The molecule has 0 atom stereocenters. The van der Waals surface area contributed by atoms with Crippen molar-refractivity contribution in [3.63, 3.8) is 0 Å². The van der Waals surface area contributed by atoms with E-state index in [2.05, 4.69) is 10.0 Å². The van der Waals surface area contributed by atoms with Gasteiger partial charge in [-0.2, -0.15) is 5.26 Å². The zero-order chi connectivity index (χ0) is 21.7. The predicted octanol–water partition coefficient (Wildman–Crippen LogP) is 3.91. The summed E-state index contributed by atoms with van der Waals surface area (Å²) >= 11 is 0. The molecule has 7 heteroatoms. The second kappa shape index (κ2) is 8.91. The van der Waals surface area contributed by atoms with Crippen LogP contribution >= 0.6 is 0 Å². The van der Waals surface area contributed by atoms with Crippen LogP contribution in [0.3, 0.4) is 0 Å². The number of carbonyl (C=O) groups is 1. The van der Waals surface area contributed by atoms with Crippen molar-refractivity contribution in [3.8, 4) is 6.07 Å². The van der Waals surface area contributed by atoms with Gasteiger partial charge in [-0.1, -0.05) is 24.3 Å². The quantitative estimate of drug-likeness (QED) is 0.633. The van der Waals surface area contributed by atoms with Crippen LogP contribution in [-0.2, 0) is 16.6 Å². The lowest BCUT2D eigenvalue weighted by atomic mass is 10.1. The highest BCUT2D eigenvalue weighted by molar-refractivity contribution is 7.89. The molecule has 0 saturated carbocycles. The lowest BCUT2D eigenvalue weighted by molar-refractivity contribution is 0.102. The Bertz CT molecular complexity index is 1230. The van der Waals surface area contributed by atoms with E-state index in [0.717, 1.165) is 16.7 Å². The van der Waals surface area contributed by atoms with Crippen molar-refractivity contribution < 1.29 is 13.2 Å². The van der Waals surface area contributed by atoms with Crippen molar-refractivity contribution >= 4 is 21.6 Å². The van der Waals surface area contributed by atoms with Gasteiger partial charge in [-0.3, -0.25) is 4.79 Å². The second-order valence-electron chi connectivity index (χ2n) is 6.91. The summed E-state index contributed by atoms with van der Waals surface area (Å²) in [5.41, 5.74) is 4.09. The molecule has 0 heterocycles. The van der Waals surface area contributed by atoms with Crippen molar-refractivity contribution in [3.05, 3.63) is 94.5 Å². The highest BCUT2D eigenvalue weighted by Crippen LogP contribution is 2.16. The molecule has 30 heavy (non-hydrogen) atoms. The number of nitriles is 1. The number of anilines is 1. The largest absolute Gasteiger partial charge is 0.322 e. The Morgan fingerprint density at radius 2 is 1.70 bits per heavy atom. The molecule has 1 amide bonds. The Kier molecular flexibility index (Phi) is 6.31. The first-order valence-electron chi connectivity index (χ1n) is 9.26. The van der Waals surface area contributed by atoms with E-state index in [9.17, 15) is 13.2 Å². The van der Waals surface area contributed by atoms with Gasteiger partial charge in [0, 0.05) is 17.8 Å². The molecule has 6 nitrogen and oxygen atoms in total. The number of hydrogen-bond acceptors (Lipinski definition) is 4. The van der Waals surface area contributed by atoms with Crippen molar-refractivity contribution in [2.75, 3.05) is 5.32 Å². The third-order valence-corrected chi connectivity index (χ3v) is 6.12. The van der Waals surface area contributed by atoms with Crippen LogP contribution in [0.15, 0.2) is 71.6 Å². The lowest BCUT2D eigenvalue weighted by Gasteiger charge is -2.10. The van der Waals surface area contributed by atoms with Crippen LogP contribution in [0.1, 0.15) is 32.6 Å². The highest BCUT2D eigenvalue weighted by Gasteiger charge is 2.14. The van der Waals surface area contributed by atoms with E-state index >= 15 is 0 Å².